The topological polar surface area (TPSA) is 55.8 Å². The number of rotatable bonds is 6. The normalized spacial score (nSPS) is 14.8. The number of para-hydroxylation sites is 1. The maximum atomic E-state index is 13.3. The van der Waals surface area contributed by atoms with Gasteiger partial charge in [0.05, 0.1) is 18.3 Å². The fourth-order valence-electron chi connectivity index (χ4n) is 3.64. The van der Waals surface area contributed by atoms with Crippen LogP contribution in [0.15, 0.2) is 102 Å². The Morgan fingerprint density at radius 2 is 1.53 bits per heavy atom. The SMILES string of the molecule is COC(=O)C1=C(C)N(c2ccccc2)C(=O)/C1=C\c1ccc(OCc2ccccc2)cc1. The van der Waals surface area contributed by atoms with Gasteiger partial charge in [0.15, 0.2) is 0 Å². The lowest BCUT2D eigenvalue weighted by Gasteiger charge is -2.17. The van der Waals surface area contributed by atoms with Crippen LogP contribution in [0.3, 0.4) is 0 Å². The zero-order valence-corrected chi connectivity index (χ0v) is 17.9. The van der Waals surface area contributed by atoms with Gasteiger partial charge in [0.1, 0.15) is 12.4 Å². The van der Waals surface area contributed by atoms with Crippen molar-refractivity contribution in [1.29, 1.82) is 0 Å². The summed E-state index contributed by atoms with van der Waals surface area (Å²) < 4.78 is 10.8. The predicted octanol–water partition coefficient (Wildman–Crippen LogP) is 5.14. The van der Waals surface area contributed by atoms with Crippen LogP contribution in [0.25, 0.3) is 6.08 Å². The van der Waals surface area contributed by atoms with Crippen LogP contribution in [0, 0.1) is 0 Å². The van der Waals surface area contributed by atoms with Crippen molar-refractivity contribution < 1.29 is 19.1 Å². The maximum absolute atomic E-state index is 13.3. The van der Waals surface area contributed by atoms with Crippen LogP contribution < -0.4 is 9.64 Å². The van der Waals surface area contributed by atoms with Gasteiger partial charge < -0.3 is 9.47 Å². The Balaban J connectivity index is 1.60. The zero-order valence-electron chi connectivity index (χ0n) is 17.9. The number of amides is 1. The second-order valence-electron chi connectivity index (χ2n) is 7.33. The molecule has 0 aromatic heterocycles. The molecule has 0 spiro atoms. The smallest absolute Gasteiger partial charge is 0.340 e. The molecule has 1 heterocycles. The van der Waals surface area contributed by atoms with Gasteiger partial charge in [0.2, 0.25) is 0 Å². The van der Waals surface area contributed by atoms with Gasteiger partial charge in [-0.2, -0.15) is 0 Å². The first kappa shape index (κ1) is 21.1. The van der Waals surface area contributed by atoms with Crippen LogP contribution in [0.4, 0.5) is 5.69 Å². The molecular weight excluding hydrogens is 402 g/mol. The van der Waals surface area contributed by atoms with Gasteiger partial charge in [-0.15, -0.1) is 0 Å². The lowest BCUT2D eigenvalue weighted by molar-refractivity contribution is -0.136. The second-order valence-corrected chi connectivity index (χ2v) is 7.33. The number of allylic oxidation sites excluding steroid dienone is 1. The molecule has 0 aliphatic carbocycles. The number of hydrogen-bond donors (Lipinski definition) is 0. The first-order valence-corrected chi connectivity index (χ1v) is 10.3. The van der Waals surface area contributed by atoms with Crippen molar-refractivity contribution in [2.75, 3.05) is 12.0 Å². The molecule has 0 fully saturated rings. The highest BCUT2D eigenvalue weighted by Crippen LogP contribution is 2.35. The second kappa shape index (κ2) is 9.35. The molecule has 0 atom stereocenters. The van der Waals surface area contributed by atoms with E-state index in [-0.39, 0.29) is 11.5 Å². The number of carbonyl (C=O) groups excluding carboxylic acids is 2. The number of methoxy groups -OCH3 is 1. The third kappa shape index (κ3) is 4.32. The molecule has 1 amide bonds. The van der Waals surface area contributed by atoms with E-state index in [9.17, 15) is 9.59 Å². The summed E-state index contributed by atoms with van der Waals surface area (Å²) in [6, 6.07) is 26.6. The van der Waals surface area contributed by atoms with Gasteiger partial charge in [0, 0.05) is 11.4 Å². The Bertz CT molecular complexity index is 1180. The Morgan fingerprint density at radius 1 is 0.906 bits per heavy atom. The molecule has 160 valence electrons. The number of hydrogen-bond acceptors (Lipinski definition) is 4. The fraction of sp³-hybridized carbons (Fsp3) is 0.111. The number of esters is 1. The highest BCUT2D eigenvalue weighted by molar-refractivity contribution is 6.23. The van der Waals surface area contributed by atoms with E-state index in [0.29, 0.717) is 23.6 Å². The van der Waals surface area contributed by atoms with Crippen molar-refractivity contribution in [3.8, 4) is 5.75 Å². The van der Waals surface area contributed by atoms with E-state index >= 15 is 0 Å². The Kier molecular flexibility index (Phi) is 6.17. The van der Waals surface area contributed by atoms with Gasteiger partial charge in [-0.3, -0.25) is 9.69 Å². The Hall–Kier alpha value is -4.12. The largest absolute Gasteiger partial charge is 0.489 e. The molecule has 1 aliphatic heterocycles. The summed E-state index contributed by atoms with van der Waals surface area (Å²) >= 11 is 0. The minimum atomic E-state index is -0.539. The highest BCUT2D eigenvalue weighted by Gasteiger charge is 2.37. The average Bonchev–Trinajstić information content (AvgIpc) is 3.08. The summed E-state index contributed by atoms with van der Waals surface area (Å²) in [5.74, 6) is -0.0820. The molecule has 5 heteroatoms. The zero-order chi connectivity index (χ0) is 22.5. The first-order valence-electron chi connectivity index (χ1n) is 10.3. The van der Waals surface area contributed by atoms with E-state index in [2.05, 4.69) is 0 Å². The lowest BCUT2D eigenvalue weighted by Crippen LogP contribution is -2.24. The lowest BCUT2D eigenvalue weighted by atomic mass is 10.0. The van der Waals surface area contributed by atoms with Gasteiger partial charge in [-0.25, -0.2) is 4.79 Å². The van der Waals surface area contributed by atoms with Crippen molar-refractivity contribution in [3.63, 3.8) is 0 Å². The Labute approximate surface area is 187 Å². The minimum Gasteiger partial charge on any atom is -0.489 e. The first-order chi connectivity index (χ1) is 15.6. The number of benzene rings is 3. The van der Waals surface area contributed by atoms with Crippen molar-refractivity contribution >= 4 is 23.6 Å². The average molecular weight is 425 g/mol. The van der Waals surface area contributed by atoms with Crippen LogP contribution in [0.1, 0.15) is 18.1 Å². The van der Waals surface area contributed by atoms with E-state index in [1.807, 2.05) is 84.9 Å². The summed E-state index contributed by atoms with van der Waals surface area (Å²) in [4.78, 5) is 27.3. The van der Waals surface area contributed by atoms with E-state index in [0.717, 1.165) is 16.9 Å². The molecule has 0 radical (unpaired) electrons. The van der Waals surface area contributed by atoms with Crippen molar-refractivity contribution in [3.05, 3.63) is 113 Å². The van der Waals surface area contributed by atoms with Crippen molar-refractivity contribution in [1.82, 2.24) is 0 Å². The summed E-state index contributed by atoms with van der Waals surface area (Å²) in [5, 5.41) is 0. The van der Waals surface area contributed by atoms with Gasteiger partial charge in [0.25, 0.3) is 5.91 Å². The quantitative estimate of drug-likeness (QED) is 0.405. The standard InChI is InChI=1S/C27H23NO4/c1-19-25(27(30)31-2)24(26(29)28(19)22-11-7-4-8-12-22)17-20-13-15-23(16-14-20)32-18-21-9-5-3-6-10-21/h3-17H,18H2,1-2H3/b24-17-. The molecule has 3 aromatic rings. The molecule has 0 unspecified atom stereocenters. The van der Waals surface area contributed by atoms with E-state index < -0.39 is 5.97 Å². The summed E-state index contributed by atoms with van der Waals surface area (Å²) in [5.41, 5.74) is 3.68. The third-order valence-corrected chi connectivity index (χ3v) is 5.24. The summed E-state index contributed by atoms with van der Waals surface area (Å²) in [6.45, 7) is 2.22. The van der Waals surface area contributed by atoms with Crippen LogP contribution in [-0.4, -0.2) is 19.0 Å². The molecule has 32 heavy (non-hydrogen) atoms. The molecular formula is C27H23NO4. The van der Waals surface area contributed by atoms with Gasteiger partial charge in [-0.1, -0.05) is 60.7 Å². The molecule has 0 saturated heterocycles. The number of ether oxygens (including phenoxy) is 2. The molecule has 4 rings (SSSR count). The van der Waals surface area contributed by atoms with Crippen LogP contribution >= 0.6 is 0 Å². The fourth-order valence-corrected chi connectivity index (χ4v) is 3.64. The molecule has 1 aliphatic rings. The molecule has 0 saturated carbocycles. The summed E-state index contributed by atoms with van der Waals surface area (Å²) in [7, 11) is 1.31. The van der Waals surface area contributed by atoms with Crippen LogP contribution in [-0.2, 0) is 20.9 Å². The van der Waals surface area contributed by atoms with Crippen LogP contribution in [0.2, 0.25) is 0 Å². The summed E-state index contributed by atoms with van der Waals surface area (Å²) in [6.07, 6.45) is 1.71. The number of carbonyl (C=O) groups is 2. The van der Waals surface area contributed by atoms with E-state index in [4.69, 9.17) is 9.47 Å². The predicted molar refractivity (Wildman–Crippen MR) is 124 cm³/mol. The Morgan fingerprint density at radius 3 is 2.16 bits per heavy atom. The molecule has 0 bridgehead atoms. The third-order valence-electron chi connectivity index (χ3n) is 5.24. The molecule has 5 nitrogen and oxygen atoms in total. The van der Waals surface area contributed by atoms with E-state index in [1.54, 1.807) is 13.0 Å². The van der Waals surface area contributed by atoms with Crippen molar-refractivity contribution in [2.45, 2.75) is 13.5 Å². The van der Waals surface area contributed by atoms with Crippen molar-refractivity contribution in [2.24, 2.45) is 0 Å². The van der Waals surface area contributed by atoms with Gasteiger partial charge >= 0.3 is 5.97 Å². The van der Waals surface area contributed by atoms with Crippen LogP contribution in [0.5, 0.6) is 5.75 Å². The van der Waals surface area contributed by atoms with Gasteiger partial charge in [-0.05, 0) is 48.4 Å². The molecule has 3 aromatic carbocycles. The highest BCUT2D eigenvalue weighted by atomic mass is 16.5. The monoisotopic (exact) mass is 425 g/mol. The van der Waals surface area contributed by atoms with E-state index in [1.165, 1.54) is 12.0 Å². The maximum Gasteiger partial charge on any atom is 0.340 e. The number of nitrogens with zero attached hydrogens (tertiary/aromatic N) is 1. The molecule has 0 N–H and O–H groups in total. The minimum absolute atomic E-state index is 0.265. The number of anilines is 1.